The number of rotatable bonds is 9. The Labute approximate surface area is 166 Å². The maximum atomic E-state index is 13.3. The van der Waals surface area contributed by atoms with Gasteiger partial charge in [-0.25, -0.2) is 4.39 Å². The van der Waals surface area contributed by atoms with Crippen LogP contribution in [0.15, 0.2) is 48.5 Å². The minimum Gasteiger partial charge on any atom is -0.354 e. The van der Waals surface area contributed by atoms with Crippen molar-refractivity contribution in [2.45, 2.75) is 52.6 Å². The number of hydrogen-bond donors (Lipinski definition) is 1. The highest BCUT2D eigenvalue weighted by Crippen LogP contribution is 2.16. The van der Waals surface area contributed by atoms with Crippen LogP contribution in [-0.2, 0) is 22.6 Å². The van der Waals surface area contributed by atoms with Crippen LogP contribution >= 0.6 is 0 Å². The first-order valence-corrected chi connectivity index (χ1v) is 9.82. The highest BCUT2D eigenvalue weighted by atomic mass is 19.1. The molecule has 0 spiro atoms. The fraction of sp³-hybridized carbons (Fsp3) is 0.391. The van der Waals surface area contributed by atoms with Crippen LogP contribution < -0.4 is 5.32 Å². The van der Waals surface area contributed by atoms with Crippen molar-refractivity contribution in [2.75, 3.05) is 6.54 Å². The summed E-state index contributed by atoms with van der Waals surface area (Å²) in [6, 6.07) is 13.2. The lowest BCUT2D eigenvalue weighted by Gasteiger charge is -2.31. The van der Waals surface area contributed by atoms with E-state index < -0.39 is 6.04 Å². The number of amides is 2. The van der Waals surface area contributed by atoms with Gasteiger partial charge in [-0.3, -0.25) is 9.59 Å². The molecule has 0 bridgehead atoms. The SMILES string of the molecule is CCCNC(=O)C(CC)N(Cc1ccc(F)cc1)C(=O)Cc1ccccc1C. The summed E-state index contributed by atoms with van der Waals surface area (Å²) in [4.78, 5) is 27.5. The predicted molar refractivity (Wildman–Crippen MR) is 109 cm³/mol. The molecule has 0 aliphatic heterocycles. The monoisotopic (exact) mass is 384 g/mol. The van der Waals surface area contributed by atoms with Gasteiger partial charge in [0.1, 0.15) is 11.9 Å². The van der Waals surface area contributed by atoms with Gasteiger partial charge in [-0.2, -0.15) is 0 Å². The van der Waals surface area contributed by atoms with Gasteiger partial charge in [-0.15, -0.1) is 0 Å². The van der Waals surface area contributed by atoms with Crippen LogP contribution in [0.1, 0.15) is 43.4 Å². The molecule has 28 heavy (non-hydrogen) atoms. The van der Waals surface area contributed by atoms with Crippen LogP contribution in [-0.4, -0.2) is 29.3 Å². The van der Waals surface area contributed by atoms with Crippen molar-refractivity contribution >= 4 is 11.8 Å². The molecule has 1 N–H and O–H groups in total. The molecule has 150 valence electrons. The molecule has 0 heterocycles. The molecular formula is C23H29FN2O2. The summed E-state index contributed by atoms with van der Waals surface area (Å²) >= 11 is 0. The predicted octanol–water partition coefficient (Wildman–Crippen LogP) is 4.01. The molecule has 0 radical (unpaired) electrons. The third-order valence-corrected chi connectivity index (χ3v) is 4.80. The van der Waals surface area contributed by atoms with E-state index in [1.54, 1.807) is 17.0 Å². The van der Waals surface area contributed by atoms with Gasteiger partial charge in [-0.05, 0) is 48.6 Å². The molecule has 1 atom stereocenters. The lowest BCUT2D eigenvalue weighted by Crippen LogP contribution is -2.49. The summed E-state index contributed by atoms with van der Waals surface area (Å²) in [6.45, 7) is 6.70. The van der Waals surface area contributed by atoms with Gasteiger partial charge in [0.15, 0.2) is 0 Å². The van der Waals surface area contributed by atoms with Gasteiger partial charge in [0.05, 0.1) is 6.42 Å². The smallest absolute Gasteiger partial charge is 0.242 e. The maximum absolute atomic E-state index is 13.3. The molecule has 5 heteroatoms. The normalized spacial score (nSPS) is 11.7. The van der Waals surface area contributed by atoms with E-state index in [-0.39, 0.29) is 30.6 Å². The van der Waals surface area contributed by atoms with E-state index in [0.29, 0.717) is 13.0 Å². The first-order valence-electron chi connectivity index (χ1n) is 9.82. The molecule has 0 aliphatic rings. The average molecular weight is 384 g/mol. The van der Waals surface area contributed by atoms with Crippen molar-refractivity contribution in [1.82, 2.24) is 10.2 Å². The van der Waals surface area contributed by atoms with Crippen molar-refractivity contribution in [1.29, 1.82) is 0 Å². The Morgan fingerprint density at radius 1 is 1.07 bits per heavy atom. The van der Waals surface area contributed by atoms with E-state index in [1.165, 1.54) is 12.1 Å². The molecular weight excluding hydrogens is 355 g/mol. The number of carbonyl (C=O) groups excluding carboxylic acids is 2. The fourth-order valence-corrected chi connectivity index (χ4v) is 3.14. The van der Waals surface area contributed by atoms with Crippen LogP contribution in [0.25, 0.3) is 0 Å². The molecule has 0 aliphatic carbocycles. The third-order valence-electron chi connectivity index (χ3n) is 4.80. The lowest BCUT2D eigenvalue weighted by atomic mass is 10.0. The Balaban J connectivity index is 2.27. The van der Waals surface area contributed by atoms with Crippen LogP contribution in [0.3, 0.4) is 0 Å². The van der Waals surface area contributed by atoms with E-state index in [1.807, 2.05) is 45.0 Å². The second-order valence-electron chi connectivity index (χ2n) is 6.97. The quantitative estimate of drug-likeness (QED) is 0.710. The standard InChI is InChI=1S/C23H29FN2O2/c1-4-14-25-23(28)21(5-2)26(16-18-10-12-20(24)13-11-18)22(27)15-19-9-7-6-8-17(19)3/h6-13,21H,4-5,14-16H2,1-3H3,(H,25,28). The molecule has 0 saturated heterocycles. The summed E-state index contributed by atoms with van der Waals surface area (Å²) in [5.41, 5.74) is 2.78. The molecule has 0 aromatic heterocycles. The zero-order valence-corrected chi connectivity index (χ0v) is 16.9. The number of carbonyl (C=O) groups is 2. The highest BCUT2D eigenvalue weighted by Gasteiger charge is 2.28. The molecule has 0 saturated carbocycles. The molecule has 2 amide bonds. The number of nitrogens with zero attached hydrogens (tertiary/aromatic N) is 1. The number of halogens is 1. The summed E-state index contributed by atoms with van der Waals surface area (Å²) in [5, 5.41) is 2.90. The van der Waals surface area contributed by atoms with Crippen molar-refractivity contribution in [2.24, 2.45) is 0 Å². The largest absolute Gasteiger partial charge is 0.354 e. The van der Waals surface area contributed by atoms with Crippen molar-refractivity contribution in [3.8, 4) is 0 Å². The maximum Gasteiger partial charge on any atom is 0.242 e. The van der Waals surface area contributed by atoms with Gasteiger partial charge >= 0.3 is 0 Å². The van der Waals surface area contributed by atoms with E-state index in [2.05, 4.69) is 5.32 Å². The highest BCUT2D eigenvalue weighted by molar-refractivity contribution is 5.88. The Morgan fingerprint density at radius 2 is 1.75 bits per heavy atom. The number of benzene rings is 2. The van der Waals surface area contributed by atoms with E-state index in [4.69, 9.17) is 0 Å². The Bertz CT molecular complexity index is 789. The topological polar surface area (TPSA) is 49.4 Å². The number of aryl methyl sites for hydroxylation is 1. The van der Waals surface area contributed by atoms with Crippen molar-refractivity contribution < 1.29 is 14.0 Å². The van der Waals surface area contributed by atoms with Gasteiger partial charge in [0, 0.05) is 13.1 Å². The molecule has 0 fully saturated rings. The first-order chi connectivity index (χ1) is 13.5. The Hall–Kier alpha value is -2.69. The second kappa shape index (κ2) is 10.6. The molecule has 1 unspecified atom stereocenters. The van der Waals surface area contributed by atoms with E-state index in [0.717, 1.165) is 23.1 Å². The van der Waals surface area contributed by atoms with Gasteiger partial charge < -0.3 is 10.2 Å². The van der Waals surface area contributed by atoms with Gasteiger partial charge in [0.2, 0.25) is 11.8 Å². The lowest BCUT2D eigenvalue weighted by molar-refractivity contribution is -0.140. The molecule has 2 aromatic rings. The fourth-order valence-electron chi connectivity index (χ4n) is 3.14. The van der Waals surface area contributed by atoms with Crippen LogP contribution in [0, 0.1) is 12.7 Å². The van der Waals surface area contributed by atoms with Gasteiger partial charge in [0.25, 0.3) is 0 Å². The second-order valence-corrected chi connectivity index (χ2v) is 6.97. The summed E-state index contributed by atoms with van der Waals surface area (Å²) in [7, 11) is 0. The van der Waals surface area contributed by atoms with Crippen LogP contribution in [0.5, 0.6) is 0 Å². The van der Waals surface area contributed by atoms with Crippen LogP contribution in [0.4, 0.5) is 4.39 Å². The third kappa shape index (κ3) is 5.91. The minimum absolute atomic E-state index is 0.114. The van der Waals surface area contributed by atoms with Gasteiger partial charge in [-0.1, -0.05) is 50.2 Å². The number of hydrogen-bond acceptors (Lipinski definition) is 2. The molecule has 2 rings (SSSR count). The molecule has 4 nitrogen and oxygen atoms in total. The van der Waals surface area contributed by atoms with E-state index in [9.17, 15) is 14.0 Å². The summed E-state index contributed by atoms with van der Waals surface area (Å²) in [6.07, 6.45) is 1.57. The van der Waals surface area contributed by atoms with Crippen molar-refractivity contribution in [3.63, 3.8) is 0 Å². The molecule has 2 aromatic carbocycles. The average Bonchev–Trinajstić information content (AvgIpc) is 2.69. The Morgan fingerprint density at radius 3 is 2.36 bits per heavy atom. The number of nitrogens with one attached hydrogen (secondary N) is 1. The minimum atomic E-state index is -0.562. The van der Waals surface area contributed by atoms with E-state index >= 15 is 0 Å². The zero-order chi connectivity index (χ0) is 20.5. The summed E-state index contributed by atoms with van der Waals surface area (Å²) < 4.78 is 13.3. The Kier molecular flexibility index (Phi) is 8.18. The summed E-state index contributed by atoms with van der Waals surface area (Å²) in [5.74, 6) is -0.587. The first kappa shape index (κ1) is 21.6. The van der Waals surface area contributed by atoms with Crippen LogP contribution in [0.2, 0.25) is 0 Å². The van der Waals surface area contributed by atoms with Crippen molar-refractivity contribution in [3.05, 3.63) is 71.0 Å². The zero-order valence-electron chi connectivity index (χ0n) is 16.9.